The Kier molecular flexibility index (Phi) is 2.00. The molecule has 0 unspecified atom stereocenters. The van der Waals surface area contributed by atoms with Crippen LogP contribution in [0.2, 0.25) is 0 Å². The van der Waals surface area contributed by atoms with Crippen molar-refractivity contribution in [1.29, 1.82) is 0 Å². The molecular weight excluding hydrogens is 238 g/mol. The molecule has 3 aromatic rings. The third-order valence-corrected chi connectivity index (χ3v) is 2.81. The van der Waals surface area contributed by atoms with Crippen LogP contribution in [0.25, 0.3) is 21.9 Å². The topological polar surface area (TPSA) is 93.0 Å². The molecule has 90 valence electrons. The number of rotatable bonds is 1. The number of aromatic hydroxyl groups is 1. The van der Waals surface area contributed by atoms with E-state index in [0.29, 0.717) is 10.9 Å². The molecule has 3 rings (SSSR count). The second-order valence-corrected chi connectivity index (χ2v) is 3.91. The van der Waals surface area contributed by atoms with E-state index < -0.39 is 17.3 Å². The molecule has 0 atom stereocenters. The molecule has 0 saturated carbocycles. The number of hydrogen-bond acceptors (Lipinski definition) is 6. The highest BCUT2D eigenvalue weighted by Crippen LogP contribution is 2.41. The first-order valence-electron chi connectivity index (χ1n) is 5.14. The Morgan fingerprint density at radius 1 is 1.28 bits per heavy atom. The summed E-state index contributed by atoms with van der Waals surface area (Å²) in [6.45, 7) is 1.75. The van der Waals surface area contributed by atoms with Gasteiger partial charge in [-0.05, 0) is 24.6 Å². The molecule has 0 saturated heterocycles. The zero-order chi connectivity index (χ0) is 12.9. The van der Waals surface area contributed by atoms with Crippen LogP contribution < -0.4 is 5.63 Å². The minimum absolute atomic E-state index is 0.183. The van der Waals surface area contributed by atoms with Crippen LogP contribution in [0.1, 0.15) is 5.56 Å². The fourth-order valence-electron chi connectivity index (χ4n) is 2.00. The number of aryl methyl sites for hydroxylation is 1. The molecule has 0 aliphatic heterocycles. The van der Waals surface area contributed by atoms with Gasteiger partial charge >= 0.3 is 11.5 Å². The highest BCUT2D eigenvalue weighted by atomic mass is 16.4. The van der Waals surface area contributed by atoms with Gasteiger partial charge in [-0.15, -0.1) is 4.91 Å². The third-order valence-electron chi connectivity index (χ3n) is 2.81. The zero-order valence-electron chi connectivity index (χ0n) is 9.26. The van der Waals surface area contributed by atoms with E-state index in [-0.39, 0.29) is 16.6 Å². The van der Waals surface area contributed by atoms with Crippen LogP contribution in [0.4, 0.5) is 5.88 Å². The van der Waals surface area contributed by atoms with E-state index >= 15 is 0 Å². The number of nitrogens with zero attached hydrogens (tertiary/aromatic N) is 1. The number of fused-ring (bicyclic) bond motifs is 3. The Balaban J connectivity index is 2.63. The van der Waals surface area contributed by atoms with Gasteiger partial charge in [-0.25, -0.2) is 4.79 Å². The second-order valence-electron chi connectivity index (χ2n) is 3.91. The van der Waals surface area contributed by atoms with Gasteiger partial charge in [-0.2, -0.15) is 0 Å². The summed E-state index contributed by atoms with van der Waals surface area (Å²) in [5.41, 5.74) is 0.607. The molecule has 0 radical (unpaired) electrons. The van der Waals surface area contributed by atoms with E-state index in [0.717, 1.165) is 0 Å². The quantitative estimate of drug-likeness (QED) is 0.525. The fraction of sp³-hybridized carbons (Fsp3) is 0.0833. The molecule has 6 nitrogen and oxygen atoms in total. The van der Waals surface area contributed by atoms with Crippen molar-refractivity contribution in [3.63, 3.8) is 0 Å². The van der Waals surface area contributed by atoms with Gasteiger partial charge in [0.2, 0.25) is 0 Å². The Hall–Kier alpha value is -2.63. The average Bonchev–Trinajstić information content (AvgIpc) is 2.66. The summed E-state index contributed by atoms with van der Waals surface area (Å²) >= 11 is 0. The summed E-state index contributed by atoms with van der Waals surface area (Å²) in [7, 11) is 0. The summed E-state index contributed by atoms with van der Waals surface area (Å²) in [4.78, 5) is 21.8. The number of benzene rings is 1. The number of hydrogen-bond donors (Lipinski definition) is 1. The predicted octanol–water partition coefficient (Wildman–Crippen LogP) is 2.95. The van der Waals surface area contributed by atoms with Crippen molar-refractivity contribution < 1.29 is 13.9 Å². The van der Waals surface area contributed by atoms with Gasteiger partial charge in [0.1, 0.15) is 11.0 Å². The standard InChI is InChI=1S/C12H7NO5/c1-5-4-8(14)18-11-6(5)2-3-7-9(11)10(15)12(13-16)17-7/h2-4,15H,1H3. The minimum Gasteiger partial charge on any atom is -0.502 e. The third kappa shape index (κ3) is 1.26. The molecule has 1 aromatic carbocycles. The van der Waals surface area contributed by atoms with Crippen molar-refractivity contribution in [2.24, 2.45) is 5.18 Å². The molecule has 2 aromatic heterocycles. The van der Waals surface area contributed by atoms with Crippen LogP contribution in [0, 0.1) is 11.8 Å². The Bertz CT molecular complexity index is 843. The number of furan rings is 1. The SMILES string of the molecule is Cc1cc(=O)oc2c1ccc1oc(N=O)c(O)c12. The van der Waals surface area contributed by atoms with Crippen LogP contribution in [-0.2, 0) is 0 Å². The Morgan fingerprint density at radius 3 is 2.78 bits per heavy atom. The summed E-state index contributed by atoms with van der Waals surface area (Å²) in [5.74, 6) is -0.846. The first-order chi connectivity index (χ1) is 8.61. The monoisotopic (exact) mass is 245 g/mol. The average molecular weight is 245 g/mol. The lowest BCUT2D eigenvalue weighted by molar-refractivity contribution is 0.468. The molecular formula is C12H7NO5. The molecule has 0 fully saturated rings. The first-order valence-corrected chi connectivity index (χ1v) is 5.14. The van der Waals surface area contributed by atoms with E-state index in [4.69, 9.17) is 8.83 Å². The van der Waals surface area contributed by atoms with Gasteiger partial charge in [0.25, 0.3) is 0 Å². The highest BCUT2D eigenvalue weighted by molar-refractivity contribution is 6.08. The zero-order valence-corrected chi connectivity index (χ0v) is 9.26. The van der Waals surface area contributed by atoms with Gasteiger partial charge in [0, 0.05) is 16.6 Å². The fourth-order valence-corrected chi connectivity index (χ4v) is 2.00. The highest BCUT2D eigenvalue weighted by Gasteiger charge is 2.19. The molecule has 2 heterocycles. The van der Waals surface area contributed by atoms with Gasteiger partial charge in [0.15, 0.2) is 11.3 Å². The summed E-state index contributed by atoms with van der Waals surface area (Å²) in [6, 6.07) is 4.62. The maximum atomic E-state index is 11.4. The normalized spacial score (nSPS) is 11.2. The van der Waals surface area contributed by atoms with Crippen LogP contribution >= 0.6 is 0 Å². The minimum atomic E-state index is -0.534. The molecule has 6 heteroatoms. The summed E-state index contributed by atoms with van der Waals surface area (Å²) < 4.78 is 10.1. The van der Waals surface area contributed by atoms with Gasteiger partial charge in [0.05, 0.1) is 0 Å². The van der Waals surface area contributed by atoms with E-state index in [1.807, 2.05) is 0 Å². The van der Waals surface area contributed by atoms with Gasteiger partial charge in [-0.1, -0.05) is 0 Å². The molecule has 18 heavy (non-hydrogen) atoms. The molecule has 0 bridgehead atoms. The van der Waals surface area contributed by atoms with Crippen molar-refractivity contribution in [3.8, 4) is 5.75 Å². The van der Waals surface area contributed by atoms with Crippen LogP contribution in [0.15, 0.2) is 37.0 Å². The maximum Gasteiger partial charge on any atom is 0.336 e. The predicted molar refractivity (Wildman–Crippen MR) is 64.1 cm³/mol. The lowest BCUT2D eigenvalue weighted by Crippen LogP contribution is -1.97. The van der Waals surface area contributed by atoms with Gasteiger partial charge in [-0.3, -0.25) is 0 Å². The Morgan fingerprint density at radius 2 is 2.06 bits per heavy atom. The number of nitroso groups, excluding NO2 is 1. The van der Waals surface area contributed by atoms with Crippen molar-refractivity contribution in [2.75, 3.05) is 0 Å². The van der Waals surface area contributed by atoms with E-state index in [2.05, 4.69) is 5.18 Å². The maximum absolute atomic E-state index is 11.4. The Labute approximate surface area is 99.4 Å². The molecule has 0 amide bonds. The van der Waals surface area contributed by atoms with Crippen molar-refractivity contribution in [3.05, 3.63) is 39.1 Å². The van der Waals surface area contributed by atoms with Crippen LogP contribution in [0.3, 0.4) is 0 Å². The van der Waals surface area contributed by atoms with Crippen LogP contribution in [-0.4, -0.2) is 5.11 Å². The van der Waals surface area contributed by atoms with E-state index in [1.165, 1.54) is 6.07 Å². The van der Waals surface area contributed by atoms with Crippen molar-refractivity contribution in [1.82, 2.24) is 0 Å². The van der Waals surface area contributed by atoms with Crippen LogP contribution in [0.5, 0.6) is 5.75 Å². The van der Waals surface area contributed by atoms with E-state index in [1.54, 1.807) is 19.1 Å². The molecule has 0 aliphatic carbocycles. The lowest BCUT2D eigenvalue weighted by Gasteiger charge is -2.00. The smallest absolute Gasteiger partial charge is 0.336 e. The van der Waals surface area contributed by atoms with Crippen molar-refractivity contribution in [2.45, 2.75) is 6.92 Å². The van der Waals surface area contributed by atoms with Crippen molar-refractivity contribution >= 4 is 27.8 Å². The largest absolute Gasteiger partial charge is 0.502 e. The lowest BCUT2D eigenvalue weighted by atomic mass is 10.1. The molecule has 1 N–H and O–H groups in total. The molecule has 0 aliphatic rings. The van der Waals surface area contributed by atoms with Gasteiger partial charge < -0.3 is 13.9 Å². The summed E-state index contributed by atoms with van der Waals surface area (Å²) in [6.07, 6.45) is 0. The van der Waals surface area contributed by atoms with E-state index in [9.17, 15) is 14.8 Å². The second kappa shape index (κ2) is 3.43. The first kappa shape index (κ1) is 10.5. The molecule has 0 spiro atoms. The summed E-state index contributed by atoms with van der Waals surface area (Å²) in [5, 5.41) is 13.2.